The van der Waals surface area contributed by atoms with E-state index in [-0.39, 0.29) is 10.8 Å². The Hall–Kier alpha value is -3.30. The minimum absolute atomic E-state index is 0.0136. The normalized spacial score (nSPS) is 11.3. The third kappa shape index (κ3) is 4.28. The van der Waals surface area contributed by atoms with Crippen molar-refractivity contribution in [1.29, 1.82) is 0 Å². The van der Waals surface area contributed by atoms with Gasteiger partial charge in [-0.2, -0.15) is 0 Å². The summed E-state index contributed by atoms with van der Waals surface area (Å²) in [5, 5.41) is 1.73. The van der Waals surface area contributed by atoms with Crippen molar-refractivity contribution in [3.63, 3.8) is 0 Å². The highest BCUT2D eigenvalue weighted by molar-refractivity contribution is 7.94. The molecule has 0 spiro atoms. The average Bonchev–Trinajstić information content (AvgIpc) is 3.50. The van der Waals surface area contributed by atoms with Crippen LogP contribution in [0.25, 0.3) is 11.5 Å². The van der Waals surface area contributed by atoms with E-state index in [1.54, 1.807) is 48.9 Å². The number of rotatable bonds is 8. The number of aromatic nitrogens is 1. The van der Waals surface area contributed by atoms with Gasteiger partial charge in [0.05, 0.1) is 26.5 Å². The van der Waals surface area contributed by atoms with E-state index < -0.39 is 10.0 Å². The van der Waals surface area contributed by atoms with Crippen LogP contribution in [0.4, 0.5) is 5.69 Å². The highest BCUT2D eigenvalue weighted by Crippen LogP contribution is 2.35. The highest BCUT2D eigenvalue weighted by atomic mass is 32.2. The van der Waals surface area contributed by atoms with Gasteiger partial charge in [0.25, 0.3) is 10.0 Å². The molecule has 0 aliphatic rings. The molecule has 9 heteroatoms. The van der Waals surface area contributed by atoms with E-state index in [2.05, 4.69) is 4.98 Å². The lowest BCUT2D eigenvalue weighted by molar-refractivity contribution is 0.415. The molecule has 0 amide bonds. The second-order valence-electron chi connectivity index (χ2n) is 6.49. The van der Waals surface area contributed by atoms with Crippen molar-refractivity contribution in [1.82, 2.24) is 4.98 Å². The Kier molecular flexibility index (Phi) is 5.97. The van der Waals surface area contributed by atoms with Crippen molar-refractivity contribution < 1.29 is 22.3 Å². The summed E-state index contributed by atoms with van der Waals surface area (Å²) in [6.45, 7) is -0.0136. The lowest BCUT2D eigenvalue weighted by Gasteiger charge is -2.24. The maximum atomic E-state index is 13.4. The predicted molar refractivity (Wildman–Crippen MR) is 119 cm³/mol. The summed E-state index contributed by atoms with van der Waals surface area (Å²) in [6.07, 6.45) is 1.46. The van der Waals surface area contributed by atoms with E-state index in [1.807, 2.05) is 24.3 Å². The SMILES string of the molecule is COc1ccc(-c2nc(CN(c3ccccc3OC)S(=O)(=O)c3cccs3)co2)cc1. The standard InChI is InChI=1S/C22H20N2O5S2/c1-27-18-11-9-16(10-12-18)22-23-17(15-29-22)14-24(19-6-3-4-7-20(19)28-2)31(25,26)21-8-5-13-30-21/h3-13,15H,14H2,1-2H3. The van der Waals surface area contributed by atoms with E-state index >= 15 is 0 Å². The number of para-hydroxylation sites is 2. The average molecular weight is 457 g/mol. The summed E-state index contributed by atoms with van der Waals surface area (Å²) in [7, 11) is -0.730. The molecule has 2 aromatic heterocycles. The summed E-state index contributed by atoms with van der Waals surface area (Å²) in [6, 6.07) is 17.5. The first-order valence-electron chi connectivity index (χ1n) is 9.31. The van der Waals surface area contributed by atoms with E-state index in [9.17, 15) is 8.42 Å². The van der Waals surface area contributed by atoms with Gasteiger partial charge in [-0.05, 0) is 47.8 Å². The number of methoxy groups -OCH3 is 2. The molecule has 0 aliphatic heterocycles. The van der Waals surface area contributed by atoms with Crippen molar-refractivity contribution in [2.45, 2.75) is 10.8 Å². The molecule has 2 heterocycles. The quantitative estimate of drug-likeness (QED) is 0.378. The van der Waals surface area contributed by atoms with Crippen molar-refractivity contribution in [3.8, 4) is 23.0 Å². The van der Waals surface area contributed by atoms with Gasteiger partial charge in [-0.1, -0.05) is 18.2 Å². The molecule has 2 aromatic carbocycles. The minimum Gasteiger partial charge on any atom is -0.497 e. The summed E-state index contributed by atoms with van der Waals surface area (Å²) >= 11 is 1.16. The summed E-state index contributed by atoms with van der Waals surface area (Å²) < 4.78 is 44.6. The van der Waals surface area contributed by atoms with Gasteiger partial charge in [0.2, 0.25) is 5.89 Å². The van der Waals surface area contributed by atoms with Crippen LogP contribution in [0.5, 0.6) is 11.5 Å². The zero-order chi connectivity index (χ0) is 21.8. The van der Waals surface area contributed by atoms with E-state index in [4.69, 9.17) is 13.9 Å². The van der Waals surface area contributed by atoms with Crippen LogP contribution in [0, 0.1) is 0 Å². The van der Waals surface area contributed by atoms with Crippen LogP contribution in [0.3, 0.4) is 0 Å². The largest absolute Gasteiger partial charge is 0.497 e. The summed E-state index contributed by atoms with van der Waals surface area (Å²) in [4.78, 5) is 4.50. The molecule has 4 rings (SSSR count). The van der Waals surface area contributed by atoms with Crippen LogP contribution in [-0.2, 0) is 16.6 Å². The zero-order valence-corrected chi connectivity index (χ0v) is 18.5. The highest BCUT2D eigenvalue weighted by Gasteiger charge is 2.29. The Labute approximate surface area is 184 Å². The zero-order valence-electron chi connectivity index (χ0n) is 16.9. The Balaban J connectivity index is 1.71. The van der Waals surface area contributed by atoms with Crippen LogP contribution < -0.4 is 13.8 Å². The maximum absolute atomic E-state index is 13.4. The van der Waals surface area contributed by atoms with Gasteiger partial charge in [0.15, 0.2) is 0 Å². The number of hydrogen-bond acceptors (Lipinski definition) is 7. The number of oxazole rings is 1. The van der Waals surface area contributed by atoms with Gasteiger partial charge >= 0.3 is 0 Å². The molecule has 0 unspecified atom stereocenters. The van der Waals surface area contributed by atoms with Crippen molar-refractivity contribution in [3.05, 3.63) is 78.0 Å². The van der Waals surface area contributed by atoms with Crippen LogP contribution in [0.1, 0.15) is 5.69 Å². The lowest BCUT2D eigenvalue weighted by atomic mass is 10.2. The number of hydrogen-bond donors (Lipinski definition) is 0. The van der Waals surface area contributed by atoms with Gasteiger partial charge < -0.3 is 13.9 Å². The summed E-state index contributed by atoms with van der Waals surface area (Å²) in [5.74, 6) is 1.56. The number of sulfonamides is 1. The fourth-order valence-electron chi connectivity index (χ4n) is 3.05. The van der Waals surface area contributed by atoms with Crippen LogP contribution >= 0.6 is 11.3 Å². The number of ether oxygens (including phenoxy) is 2. The van der Waals surface area contributed by atoms with Gasteiger partial charge in [-0.25, -0.2) is 13.4 Å². The Morgan fingerprint density at radius 3 is 2.45 bits per heavy atom. The van der Waals surface area contributed by atoms with Crippen molar-refractivity contribution >= 4 is 27.0 Å². The van der Waals surface area contributed by atoms with Crippen LogP contribution in [0.15, 0.2) is 80.9 Å². The third-order valence-corrected chi connectivity index (χ3v) is 7.72. The lowest BCUT2D eigenvalue weighted by Crippen LogP contribution is -2.30. The van der Waals surface area contributed by atoms with E-state index in [0.29, 0.717) is 23.0 Å². The number of benzene rings is 2. The fraction of sp³-hybridized carbons (Fsp3) is 0.136. The molecule has 0 saturated heterocycles. The first-order chi connectivity index (χ1) is 15.0. The third-order valence-electron chi connectivity index (χ3n) is 4.59. The monoisotopic (exact) mass is 456 g/mol. The second-order valence-corrected chi connectivity index (χ2v) is 9.52. The molecule has 0 radical (unpaired) electrons. The molecule has 0 aliphatic carbocycles. The van der Waals surface area contributed by atoms with Gasteiger partial charge in [0.1, 0.15) is 27.7 Å². The number of nitrogens with zero attached hydrogens (tertiary/aromatic N) is 2. The first-order valence-corrected chi connectivity index (χ1v) is 11.6. The van der Waals surface area contributed by atoms with Crippen molar-refractivity contribution in [2.24, 2.45) is 0 Å². The second kappa shape index (κ2) is 8.83. The van der Waals surface area contributed by atoms with Gasteiger partial charge in [0, 0.05) is 5.56 Å². The minimum atomic E-state index is -3.83. The molecule has 31 heavy (non-hydrogen) atoms. The molecule has 7 nitrogen and oxygen atoms in total. The Bertz CT molecular complexity index is 1250. The number of thiophene rings is 1. The molecular formula is C22H20N2O5S2. The Morgan fingerprint density at radius 1 is 1.00 bits per heavy atom. The topological polar surface area (TPSA) is 81.9 Å². The van der Waals surface area contributed by atoms with Gasteiger partial charge in [-0.15, -0.1) is 11.3 Å². The Morgan fingerprint density at radius 2 is 1.77 bits per heavy atom. The smallest absolute Gasteiger partial charge is 0.274 e. The van der Waals surface area contributed by atoms with Crippen molar-refractivity contribution in [2.75, 3.05) is 18.5 Å². The van der Waals surface area contributed by atoms with Crippen LogP contribution in [0.2, 0.25) is 0 Å². The molecule has 0 fully saturated rings. The van der Waals surface area contributed by atoms with Gasteiger partial charge in [-0.3, -0.25) is 4.31 Å². The first kappa shape index (κ1) is 21.0. The number of anilines is 1. The molecule has 0 atom stereocenters. The maximum Gasteiger partial charge on any atom is 0.274 e. The molecule has 4 aromatic rings. The fourth-order valence-corrected chi connectivity index (χ4v) is 5.60. The molecule has 0 bridgehead atoms. The summed E-state index contributed by atoms with van der Waals surface area (Å²) in [5.41, 5.74) is 1.65. The van der Waals surface area contributed by atoms with Crippen LogP contribution in [-0.4, -0.2) is 27.6 Å². The molecule has 160 valence electrons. The molecule has 0 N–H and O–H groups in total. The predicted octanol–water partition coefficient (Wildman–Crippen LogP) is 4.82. The van der Waals surface area contributed by atoms with E-state index in [1.165, 1.54) is 17.7 Å². The molecular weight excluding hydrogens is 436 g/mol. The molecule has 0 saturated carbocycles. The van der Waals surface area contributed by atoms with E-state index in [0.717, 1.165) is 22.6 Å².